The average molecular weight is 245 g/mol. The second kappa shape index (κ2) is 3.79. The van der Waals surface area contributed by atoms with Gasteiger partial charge >= 0.3 is 0 Å². The third-order valence-electron chi connectivity index (χ3n) is 2.33. The molecule has 0 atom stereocenters. The van der Waals surface area contributed by atoms with Gasteiger partial charge in [0.05, 0.1) is 0 Å². The lowest BCUT2D eigenvalue weighted by molar-refractivity contribution is 0.573. The van der Waals surface area contributed by atoms with E-state index >= 15 is 0 Å². The van der Waals surface area contributed by atoms with E-state index in [1.807, 2.05) is 13.0 Å². The van der Waals surface area contributed by atoms with Crippen molar-refractivity contribution >= 4 is 15.9 Å². The van der Waals surface area contributed by atoms with E-state index in [-0.39, 0.29) is 11.2 Å². The first-order chi connectivity index (χ1) is 5.99. The van der Waals surface area contributed by atoms with Crippen molar-refractivity contribution < 1.29 is 4.39 Å². The van der Waals surface area contributed by atoms with Gasteiger partial charge in [-0.1, -0.05) is 41.9 Å². The topological polar surface area (TPSA) is 0 Å². The Morgan fingerprint density at radius 2 is 2.00 bits per heavy atom. The Hall–Kier alpha value is -0.370. The summed E-state index contributed by atoms with van der Waals surface area (Å²) in [6.07, 6.45) is 0. The average Bonchev–Trinajstić information content (AvgIpc) is 2.09. The molecule has 1 aromatic rings. The predicted molar refractivity (Wildman–Crippen MR) is 58.0 cm³/mol. The minimum Gasteiger partial charge on any atom is -0.207 e. The summed E-state index contributed by atoms with van der Waals surface area (Å²) in [4.78, 5) is 0. The summed E-state index contributed by atoms with van der Waals surface area (Å²) in [5, 5.41) is 0.838. The highest BCUT2D eigenvalue weighted by molar-refractivity contribution is 9.09. The monoisotopic (exact) mass is 244 g/mol. The molecule has 0 unspecified atom stereocenters. The van der Waals surface area contributed by atoms with Crippen LogP contribution in [0.25, 0.3) is 0 Å². The van der Waals surface area contributed by atoms with Crippen molar-refractivity contribution in [1.29, 1.82) is 0 Å². The van der Waals surface area contributed by atoms with Gasteiger partial charge in [0.1, 0.15) is 5.82 Å². The van der Waals surface area contributed by atoms with Crippen LogP contribution in [0, 0.1) is 12.7 Å². The Balaban J connectivity index is 3.22. The molecule has 0 radical (unpaired) electrons. The third kappa shape index (κ3) is 2.11. The van der Waals surface area contributed by atoms with E-state index < -0.39 is 0 Å². The summed E-state index contributed by atoms with van der Waals surface area (Å²) < 4.78 is 13.2. The highest BCUT2D eigenvalue weighted by Crippen LogP contribution is 2.28. The van der Waals surface area contributed by atoms with Gasteiger partial charge in [-0.25, -0.2) is 4.39 Å². The van der Waals surface area contributed by atoms with Crippen molar-refractivity contribution in [3.63, 3.8) is 0 Å². The summed E-state index contributed by atoms with van der Waals surface area (Å²) in [6, 6.07) is 5.25. The SMILES string of the molecule is Cc1c(F)cccc1C(C)(C)CBr. The lowest BCUT2D eigenvalue weighted by atomic mass is 9.84. The molecular weight excluding hydrogens is 231 g/mol. The second-order valence-corrected chi connectivity index (χ2v) is 4.49. The fraction of sp³-hybridized carbons (Fsp3) is 0.455. The summed E-state index contributed by atoms with van der Waals surface area (Å²) in [5.41, 5.74) is 1.82. The number of alkyl halides is 1. The summed E-state index contributed by atoms with van der Waals surface area (Å²) >= 11 is 3.44. The molecular formula is C11H14BrF. The van der Waals surface area contributed by atoms with Crippen molar-refractivity contribution in [3.05, 3.63) is 35.1 Å². The fourth-order valence-corrected chi connectivity index (χ4v) is 1.71. The Morgan fingerprint density at radius 1 is 1.38 bits per heavy atom. The van der Waals surface area contributed by atoms with Crippen molar-refractivity contribution in [2.45, 2.75) is 26.2 Å². The molecule has 0 aliphatic carbocycles. The molecule has 0 saturated heterocycles. The standard InChI is InChI=1S/C11H14BrF/c1-8-9(11(2,3)7-12)5-4-6-10(8)13/h4-6H,7H2,1-3H3. The number of hydrogen-bond acceptors (Lipinski definition) is 0. The molecule has 0 spiro atoms. The van der Waals surface area contributed by atoms with E-state index in [2.05, 4.69) is 29.8 Å². The second-order valence-electron chi connectivity index (χ2n) is 3.93. The van der Waals surface area contributed by atoms with Crippen LogP contribution < -0.4 is 0 Å². The van der Waals surface area contributed by atoms with E-state index in [1.54, 1.807) is 6.07 Å². The molecule has 0 heterocycles. The maximum absolute atomic E-state index is 13.2. The molecule has 0 nitrogen and oxygen atoms in total. The molecule has 72 valence electrons. The number of benzene rings is 1. The summed E-state index contributed by atoms with van der Waals surface area (Å²) in [7, 11) is 0. The minimum absolute atomic E-state index is 0.00775. The molecule has 1 rings (SSSR count). The molecule has 0 N–H and O–H groups in total. The lowest BCUT2D eigenvalue weighted by Crippen LogP contribution is -2.20. The van der Waals surface area contributed by atoms with Crippen LogP contribution in [0.3, 0.4) is 0 Å². The molecule has 0 amide bonds. The number of halogens is 2. The molecule has 0 aromatic heterocycles. The molecule has 0 saturated carbocycles. The first kappa shape index (κ1) is 10.7. The van der Waals surface area contributed by atoms with Crippen molar-refractivity contribution in [2.24, 2.45) is 0 Å². The Labute approximate surface area is 87.3 Å². The van der Waals surface area contributed by atoms with E-state index in [4.69, 9.17) is 0 Å². The highest BCUT2D eigenvalue weighted by Gasteiger charge is 2.21. The molecule has 2 heteroatoms. The molecule has 1 aromatic carbocycles. The smallest absolute Gasteiger partial charge is 0.126 e. The fourth-order valence-electron chi connectivity index (χ4n) is 1.41. The first-order valence-electron chi connectivity index (χ1n) is 4.30. The van der Waals surface area contributed by atoms with Gasteiger partial charge in [-0.15, -0.1) is 0 Å². The van der Waals surface area contributed by atoms with Gasteiger partial charge in [-0.3, -0.25) is 0 Å². The zero-order valence-electron chi connectivity index (χ0n) is 8.20. The quantitative estimate of drug-likeness (QED) is 0.695. The Bertz CT molecular complexity index is 305. The van der Waals surface area contributed by atoms with Crippen LogP contribution in [0.15, 0.2) is 18.2 Å². The lowest BCUT2D eigenvalue weighted by Gasteiger charge is -2.24. The van der Waals surface area contributed by atoms with Crippen LogP contribution in [0.4, 0.5) is 4.39 Å². The first-order valence-corrected chi connectivity index (χ1v) is 5.43. The Kier molecular flexibility index (Phi) is 3.12. The van der Waals surface area contributed by atoms with Crippen LogP contribution in [0.2, 0.25) is 0 Å². The third-order valence-corrected chi connectivity index (χ3v) is 3.73. The predicted octanol–water partition coefficient (Wildman–Crippen LogP) is 3.81. The van der Waals surface area contributed by atoms with Crippen molar-refractivity contribution in [2.75, 3.05) is 5.33 Å². The molecule has 0 aliphatic heterocycles. The molecule has 13 heavy (non-hydrogen) atoms. The summed E-state index contributed by atoms with van der Waals surface area (Å²) in [5.74, 6) is -0.119. The Morgan fingerprint density at radius 3 is 2.54 bits per heavy atom. The van der Waals surface area contributed by atoms with E-state index in [1.165, 1.54) is 6.07 Å². The van der Waals surface area contributed by atoms with Crippen LogP contribution in [-0.2, 0) is 5.41 Å². The largest absolute Gasteiger partial charge is 0.207 e. The van der Waals surface area contributed by atoms with Gasteiger partial charge < -0.3 is 0 Å². The van der Waals surface area contributed by atoms with Gasteiger partial charge in [-0.2, -0.15) is 0 Å². The van der Waals surface area contributed by atoms with Crippen LogP contribution in [0.1, 0.15) is 25.0 Å². The molecule has 0 aliphatic rings. The molecule has 0 bridgehead atoms. The van der Waals surface area contributed by atoms with E-state index in [0.717, 1.165) is 16.5 Å². The molecule has 0 fully saturated rings. The zero-order valence-corrected chi connectivity index (χ0v) is 9.78. The van der Waals surface area contributed by atoms with Crippen LogP contribution in [0.5, 0.6) is 0 Å². The minimum atomic E-state index is -0.119. The highest BCUT2D eigenvalue weighted by atomic mass is 79.9. The van der Waals surface area contributed by atoms with Crippen LogP contribution >= 0.6 is 15.9 Å². The van der Waals surface area contributed by atoms with Crippen LogP contribution in [-0.4, -0.2) is 5.33 Å². The van der Waals surface area contributed by atoms with Gasteiger partial charge in [-0.05, 0) is 29.5 Å². The zero-order chi connectivity index (χ0) is 10.1. The van der Waals surface area contributed by atoms with Crippen molar-refractivity contribution in [1.82, 2.24) is 0 Å². The van der Waals surface area contributed by atoms with E-state index in [0.29, 0.717) is 0 Å². The van der Waals surface area contributed by atoms with Crippen molar-refractivity contribution in [3.8, 4) is 0 Å². The van der Waals surface area contributed by atoms with Gasteiger partial charge in [0.25, 0.3) is 0 Å². The number of hydrogen-bond donors (Lipinski definition) is 0. The van der Waals surface area contributed by atoms with Gasteiger partial charge in [0.15, 0.2) is 0 Å². The van der Waals surface area contributed by atoms with Gasteiger partial charge in [0.2, 0.25) is 0 Å². The van der Waals surface area contributed by atoms with Gasteiger partial charge in [0, 0.05) is 5.33 Å². The normalized spacial score (nSPS) is 11.8. The maximum Gasteiger partial charge on any atom is 0.126 e. The number of rotatable bonds is 2. The summed E-state index contributed by atoms with van der Waals surface area (Å²) in [6.45, 7) is 6.03. The maximum atomic E-state index is 13.2. The van der Waals surface area contributed by atoms with E-state index in [9.17, 15) is 4.39 Å².